The molecule has 56 heavy (non-hydrogen) atoms. The lowest BCUT2D eigenvalue weighted by molar-refractivity contribution is 1.18. The molecule has 0 aliphatic rings. The Bertz CT molecular complexity index is 3520. The van der Waals surface area contributed by atoms with Crippen molar-refractivity contribution in [1.82, 2.24) is 4.57 Å². The Labute approximate surface area is 344 Å². The second kappa shape index (κ2) is 14.4. The largest absolute Gasteiger partial charge is 0.310 e. The van der Waals surface area contributed by atoms with Crippen LogP contribution in [0.1, 0.15) is 16.4 Å². The SMILES string of the molecule is [2H]c1c([2H])c([2H])c(-n2c3c([2H])c([2H])c([2H])c([2H])c3c3c(-c4cccc(-c5cccc(N(c6ccc(-c7ccccc7)cc6)c6ccc(-c7ccccc7)cc6)c5)c4)c([2H])c([2H])c([2H])c32)c([2H])c1[2H]. The van der Waals surface area contributed by atoms with Gasteiger partial charge in [0.05, 0.1) is 27.5 Å². The molecule has 10 aromatic rings. The quantitative estimate of drug-likeness (QED) is 0.151. The molecule has 0 amide bonds. The molecule has 10 rings (SSSR count). The van der Waals surface area contributed by atoms with Gasteiger partial charge in [0.1, 0.15) is 0 Å². The van der Waals surface area contributed by atoms with Crippen molar-refractivity contribution in [2.75, 3.05) is 4.90 Å². The third-order valence-electron chi connectivity index (χ3n) is 9.98. The molecule has 0 aliphatic heterocycles. The molecule has 0 aliphatic carbocycles. The summed E-state index contributed by atoms with van der Waals surface area (Å²) in [4.78, 5) is 2.17. The average molecular weight is 727 g/mol. The minimum atomic E-state index is -0.686. The zero-order chi connectivity index (χ0) is 47.7. The number of aromatic nitrogens is 1. The van der Waals surface area contributed by atoms with E-state index < -0.39 is 72.2 Å². The molecule has 1 heterocycles. The molecule has 2 nitrogen and oxygen atoms in total. The van der Waals surface area contributed by atoms with Gasteiger partial charge in [0, 0.05) is 33.5 Å². The highest BCUT2D eigenvalue weighted by Crippen LogP contribution is 2.41. The highest BCUT2D eigenvalue weighted by molar-refractivity contribution is 6.15. The number of rotatable bonds is 8. The maximum Gasteiger partial charge on any atom is 0.0645 e. The molecule has 0 spiro atoms. The zero-order valence-electron chi connectivity index (χ0n) is 41.9. The summed E-state index contributed by atoms with van der Waals surface area (Å²) in [5.74, 6) is 0. The zero-order valence-corrected chi connectivity index (χ0v) is 29.9. The molecule has 0 atom stereocenters. The summed E-state index contributed by atoms with van der Waals surface area (Å²) in [5, 5.41) is -0.103. The highest BCUT2D eigenvalue weighted by Gasteiger charge is 2.18. The molecule has 0 fully saturated rings. The van der Waals surface area contributed by atoms with E-state index >= 15 is 0 Å². The number of para-hydroxylation sites is 2. The van der Waals surface area contributed by atoms with E-state index in [0.717, 1.165) is 49.4 Å². The van der Waals surface area contributed by atoms with Crippen LogP contribution in [0.4, 0.5) is 17.1 Å². The minimum Gasteiger partial charge on any atom is -0.310 e. The molecule has 264 valence electrons. The lowest BCUT2D eigenvalue weighted by Crippen LogP contribution is -2.10. The summed E-state index contributed by atoms with van der Waals surface area (Å²) < 4.78 is 107. The fraction of sp³-hybridized carbons (Fsp3) is 0. The predicted octanol–water partition coefficient (Wildman–Crippen LogP) is 14.9. The summed E-state index contributed by atoms with van der Waals surface area (Å²) in [6, 6.07) is 45.1. The lowest BCUT2D eigenvalue weighted by atomic mass is 9.95. The minimum absolute atomic E-state index is 0.0137. The lowest BCUT2D eigenvalue weighted by Gasteiger charge is -2.26. The Kier molecular flexibility index (Phi) is 5.85. The van der Waals surface area contributed by atoms with Gasteiger partial charge >= 0.3 is 0 Å². The van der Waals surface area contributed by atoms with Gasteiger partial charge in [-0.2, -0.15) is 0 Å². The summed E-state index contributed by atoms with van der Waals surface area (Å²) in [6.45, 7) is 0. The first-order chi connectivity index (χ1) is 32.8. The fourth-order valence-electron chi connectivity index (χ4n) is 7.36. The predicted molar refractivity (Wildman–Crippen MR) is 237 cm³/mol. The van der Waals surface area contributed by atoms with Crippen LogP contribution >= 0.6 is 0 Å². The van der Waals surface area contributed by atoms with Crippen LogP contribution in [0.15, 0.2) is 230 Å². The van der Waals surface area contributed by atoms with Crippen molar-refractivity contribution >= 4 is 38.9 Å². The molecule has 9 aromatic carbocycles. The van der Waals surface area contributed by atoms with Crippen LogP contribution in [0.5, 0.6) is 0 Å². The van der Waals surface area contributed by atoms with E-state index in [1.54, 1.807) is 12.1 Å². The Balaban J connectivity index is 1.17. The van der Waals surface area contributed by atoms with E-state index in [0.29, 0.717) is 11.1 Å². The standard InChI is InChI=1S/C54H38N2/c1-4-15-39(16-5-1)41-29-33-47(34-30-41)55(48-35-31-42(32-36-48)40-17-6-2-7-18-40)49-24-13-20-44(38-49)43-19-12-21-45(37-43)50-26-14-28-53-54(50)51-25-10-11-27-52(51)56(53)46-22-8-3-9-23-46/h1-38H/i3D,8D,9D,10D,11D,14D,22D,23D,25D,26D,27D,28D. The maximum absolute atomic E-state index is 9.37. The second-order valence-corrected chi connectivity index (χ2v) is 13.3. The van der Waals surface area contributed by atoms with Crippen molar-refractivity contribution in [3.8, 4) is 50.2 Å². The van der Waals surface area contributed by atoms with Crippen molar-refractivity contribution in [2.24, 2.45) is 0 Å². The van der Waals surface area contributed by atoms with Crippen LogP contribution in [0.3, 0.4) is 0 Å². The van der Waals surface area contributed by atoms with Gasteiger partial charge in [-0.05, 0) is 111 Å². The van der Waals surface area contributed by atoms with Gasteiger partial charge in [-0.1, -0.05) is 164 Å². The first-order valence-electron chi connectivity index (χ1n) is 24.2. The van der Waals surface area contributed by atoms with Crippen LogP contribution in [0, 0.1) is 0 Å². The summed E-state index contributed by atoms with van der Waals surface area (Å²) in [6.07, 6.45) is 0. The van der Waals surface area contributed by atoms with Crippen LogP contribution in [-0.2, 0) is 0 Å². The van der Waals surface area contributed by atoms with Crippen molar-refractivity contribution in [3.63, 3.8) is 0 Å². The van der Waals surface area contributed by atoms with Gasteiger partial charge in [0.25, 0.3) is 0 Å². The summed E-state index contributed by atoms with van der Waals surface area (Å²) >= 11 is 0. The first-order valence-corrected chi connectivity index (χ1v) is 18.2. The molecular formula is C54H38N2. The van der Waals surface area contributed by atoms with Crippen molar-refractivity contribution in [2.45, 2.75) is 0 Å². The van der Waals surface area contributed by atoms with Gasteiger partial charge in [0.2, 0.25) is 0 Å². The number of benzene rings is 9. The number of nitrogens with zero attached hydrogens (tertiary/aromatic N) is 2. The van der Waals surface area contributed by atoms with Gasteiger partial charge < -0.3 is 9.47 Å². The Morgan fingerprint density at radius 2 is 0.875 bits per heavy atom. The number of hydrogen-bond donors (Lipinski definition) is 0. The molecule has 1 aromatic heterocycles. The van der Waals surface area contributed by atoms with Gasteiger partial charge in [-0.3, -0.25) is 0 Å². The first kappa shape index (κ1) is 22.7. The van der Waals surface area contributed by atoms with E-state index in [1.807, 2.05) is 66.7 Å². The molecule has 0 N–H and O–H groups in total. The Morgan fingerprint density at radius 1 is 0.357 bits per heavy atom. The highest BCUT2D eigenvalue weighted by atomic mass is 15.1. The van der Waals surface area contributed by atoms with E-state index in [-0.39, 0.29) is 33.4 Å². The maximum atomic E-state index is 9.37. The van der Waals surface area contributed by atoms with Crippen LogP contribution in [0.2, 0.25) is 0 Å². The molecule has 0 saturated carbocycles. The molecule has 2 heteroatoms. The van der Waals surface area contributed by atoms with E-state index in [2.05, 4.69) is 83.8 Å². The number of hydrogen-bond acceptors (Lipinski definition) is 1. The van der Waals surface area contributed by atoms with Gasteiger partial charge in [0.15, 0.2) is 0 Å². The Morgan fingerprint density at radius 3 is 1.54 bits per heavy atom. The van der Waals surface area contributed by atoms with Crippen molar-refractivity contribution in [3.05, 3.63) is 230 Å². The molecule has 0 saturated heterocycles. The topological polar surface area (TPSA) is 8.17 Å². The smallest absolute Gasteiger partial charge is 0.0645 e. The second-order valence-electron chi connectivity index (χ2n) is 13.3. The third kappa shape index (κ3) is 6.14. The van der Waals surface area contributed by atoms with Gasteiger partial charge in [-0.15, -0.1) is 0 Å². The number of fused-ring (bicyclic) bond motifs is 3. The van der Waals surface area contributed by atoms with Crippen LogP contribution in [-0.4, -0.2) is 4.57 Å². The van der Waals surface area contributed by atoms with E-state index in [1.165, 1.54) is 0 Å². The fourth-order valence-corrected chi connectivity index (χ4v) is 7.36. The van der Waals surface area contributed by atoms with E-state index in [4.69, 9.17) is 12.3 Å². The molecule has 0 unspecified atom stereocenters. The van der Waals surface area contributed by atoms with Crippen molar-refractivity contribution in [1.29, 1.82) is 0 Å². The van der Waals surface area contributed by atoms with Crippen LogP contribution < -0.4 is 4.90 Å². The molecule has 0 bridgehead atoms. The summed E-state index contributed by atoms with van der Waals surface area (Å²) in [7, 11) is 0. The molecular weight excluding hydrogens is 677 g/mol. The van der Waals surface area contributed by atoms with Crippen molar-refractivity contribution < 1.29 is 16.4 Å². The molecule has 0 radical (unpaired) electrons. The van der Waals surface area contributed by atoms with Crippen LogP contribution in [0.25, 0.3) is 72.0 Å². The number of anilines is 3. The monoisotopic (exact) mass is 726 g/mol. The Hall–Kier alpha value is -7.42. The van der Waals surface area contributed by atoms with Gasteiger partial charge in [-0.25, -0.2) is 0 Å². The van der Waals surface area contributed by atoms with E-state index in [9.17, 15) is 4.11 Å². The third-order valence-corrected chi connectivity index (χ3v) is 9.98. The summed E-state index contributed by atoms with van der Waals surface area (Å²) in [5.41, 5.74) is 8.13. The average Bonchev–Trinajstić information content (AvgIpc) is 3.72. The normalized spacial score (nSPS) is 14.2.